The summed E-state index contributed by atoms with van der Waals surface area (Å²) in [6.45, 7) is 6.52. The third kappa shape index (κ3) is 4.66. The first kappa shape index (κ1) is 20.6. The molecule has 1 aliphatic heterocycles. The molecule has 0 unspecified atom stereocenters. The molecule has 1 aliphatic rings. The summed E-state index contributed by atoms with van der Waals surface area (Å²) in [5.74, 6) is 0.299. The van der Waals surface area contributed by atoms with Crippen LogP contribution in [0.5, 0.6) is 5.75 Å². The fourth-order valence-electron chi connectivity index (χ4n) is 3.67. The Morgan fingerprint density at radius 1 is 1.46 bits per heavy atom. The van der Waals surface area contributed by atoms with E-state index in [9.17, 15) is 9.90 Å². The Morgan fingerprint density at radius 2 is 2.29 bits per heavy atom. The number of hydrogen-bond donors (Lipinski definition) is 2. The number of nitrogens with zero attached hydrogens (tertiary/aromatic N) is 1. The van der Waals surface area contributed by atoms with Crippen molar-refractivity contribution in [1.29, 1.82) is 0 Å². The van der Waals surface area contributed by atoms with Crippen LogP contribution in [0, 0.1) is 6.92 Å². The lowest BCUT2D eigenvalue weighted by Crippen LogP contribution is -2.88. The normalized spacial score (nSPS) is 17.8. The Balaban J connectivity index is 1.61. The number of quaternary nitrogens is 1. The van der Waals surface area contributed by atoms with E-state index in [-0.39, 0.29) is 12.6 Å². The van der Waals surface area contributed by atoms with Crippen LogP contribution in [0.2, 0.25) is 0 Å². The van der Waals surface area contributed by atoms with Crippen molar-refractivity contribution in [2.24, 2.45) is 7.05 Å². The Bertz CT molecular complexity index is 811. The number of nitrogens with two attached hydrogens (primary N) is 1. The number of aryl methyl sites for hydroxylation is 1. The molecule has 1 saturated heterocycles. The van der Waals surface area contributed by atoms with E-state index in [1.54, 1.807) is 6.92 Å². The van der Waals surface area contributed by atoms with E-state index in [1.165, 1.54) is 0 Å². The summed E-state index contributed by atoms with van der Waals surface area (Å²) in [7, 11) is 1.93. The zero-order valence-electron chi connectivity index (χ0n) is 16.9. The molecule has 7 nitrogen and oxygen atoms in total. The second kappa shape index (κ2) is 9.41. The minimum absolute atomic E-state index is 0.202. The van der Waals surface area contributed by atoms with E-state index >= 15 is 0 Å². The molecule has 0 amide bonds. The summed E-state index contributed by atoms with van der Waals surface area (Å²) in [5, 5.41) is 13.1. The number of aromatic nitrogens is 1. The predicted octanol–water partition coefficient (Wildman–Crippen LogP) is 1.15. The standard InChI is InChI=1S/C21H30N2O5/c1-4-26-21(25)20-14(2)23(3)19-8-7-16(10-18(19)20)28-13-15(24)11-22-12-17-6-5-9-27-17/h7-8,10,15,17,22,24H,4-6,9,11-13H2,1-3H3/p+1/t15-,17+/m1/s1. The number of rotatable bonds is 9. The topological polar surface area (TPSA) is 86.5 Å². The van der Waals surface area contributed by atoms with Crippen LogP contribution >= 0.6 is 0 Å². The second-order valence-electron chi connectivity index (χ2n) is 7.28. The molecule has 1 aromatic heterocycles. The minimum Gasteiger partial charge on any atom is -0.491 e. The lowest BCUT2D eigenvalue weighted by Gasteiger charge is -2.13. The molecule has 2 aromatic rings. The van der Waals surface area contributed by atoms with Crippen LogP contribution in [0.15, 0.2) is 18.2 Å². The molecular weight excluding hydrogens is 360 g/mol. The van der Waals surface area contributed by atoms with Gasteiger partial charge in [-0.05, 0) is 44.9 Å². The SMILES string of the molecule is CCOC(=O)c1c(C)n(C)c2ccc(OC[C@H](O)C[NH2+]C[C@@H]3CCCO3)cc12. The lowest BCUT2D eigenvalue weighted by atomic mass is 10.1. The fourth-order valence-corrected chi connectivity index (χ4v) is 3.67. The summed E-state index contributed by atoms with van der Waals surface area (Å²) in [6, 6.07) is 5.63. The first-order chi connectivity index (χ1) is 13.5. The van der Waals surface area contributed by atoms with Gasteiger partial charge in [-0.3, -0.25) is 0 Å². The van der Waals surface area contributed by atoms with E-state index in [2.05, 4.69) is 5.32 Å². The molecule has 28 heavy (non-hydrogen) atoms. The van der Waals surface area contributed by atoms with Crippen molar-refractivity contribution < 1.29 is 29.4 Å². The number of ether oxygens (including phenoxy) is 3. The first-order valence-electron chi connectivity index (χ1n) is 10.0. The number of aliphatic hydroxyl groups excluding tert-OH is 1. The van der Waals surface area contributed by atoms with E-state index < -0.39 is 6.10 Å². The number of carbonyl (C=O) groups is 1. The molecule has 0 spiro atoms. The van der Waals surface area contributed by atoms with Crippen molar-refractivity contribution in [3.8, 4) is 5.75 Å². The van der Waals surface area contributed by atoms with Gasteiger partial charge in [0.15, 0.2) is 0 Å². The first-order valence-corrected chi connectivity index (χ1v) is 10.0. The highest BCUT2D eigenvalue weighted by Gasteiger charge is 2.21. The molecule has 0 saturated carbocycles. The number of hydrogen-bond acceptors (Lipinski definition) is 5. The Morgan fingerprint density at radius 3 is 3.00 bits per heavy atom. The van der Waals surface area contributed by atoms with Gasteiger partial charge in [-0.25, -0.2) is 4.79 Å². The third-order valence-electron chi connectivity index (χ3n) is 5.28. The van der Waals surface area contributed by atoms with Gasteiger partial charge in [0.2, 0.25) is 0 Å². The maximum absolute atomic E-state index is 12.4. The van der Waals surface area contributed by atoms with Gasteiger partial charge in [-0.2, -0.15) is 0 Å². The molecule has 1 fully saturated rings. The van der Waals surface area contributed by atoms with Crippen LogP contribution in [0.25, 0.3) is 10.9 Å². The maximum atomic E-state index is 12.4. The van der Waals surface area contributed by atoms with Crippen LogP contribution in [-0.4, -0.2) is 60.8 Å². The molecule has 3 rings (SSSR count). The van der Waals surface area contributed by atoms with Gasteiger partial charge in [-0.1, -0.05) is 0 Å². The highest BCUT2D eigenvalue weighted by Crippen LogP contribution is 2.29. The van der Waals surface area contributed by atoms with Crippen LogP contribution in [0.1, 0.15) is 35.8 Å². The van der Waals surface area contributed by atoms with Crippen molar-refractivity contribution in [2.75, 3.05) is 32.9 Å². The number of esters is 1. The van der Waals surface area contributed by atoms with Crippen molar-refractivity contribution in [2.45, 2.75) is 38.9 Å². The smallest absolute Gasteiger partial charge is 0.340 e. The largest absolute Gasteiger partial charge is 0.491 e. The minimum atomic E-state index is -0.570. The summed E-state index contributed by atoms with van der Waals surface area (Å²) in [5.41, 5.74) is 2.36. The molecule has 1 aromatic carbocycles. The van der Waals surface area contributed by atoms with Gasteiger partial charge >= 0.3 is 5.97 Å². The van der Waals surface area contributed by atoms with Gasteiger partial charge in [-0.15, -0.1) is 0 Å². The van der Waals surface area contributed by atoms with Crippen LogP contribution < -0.4 is 10.1 Å². The molecular formula is C21H31N2O5+. The summed E-state index contributed by atoms with van der Waals surface area (Å²) in [6.07, 6.45) is 1.96. The van der Waals surface area contributed by atoms with Crippen LogP contribution in [0.4, 0.5) is 0 Å². The molecule has 2 atom stereocenters. The van der Waals surface area contributed by atoms with Crippen molar-refractivity contribution in [3.63, 3.8) is 0 Å². The second-order valence-corrected chi connectivity index (χ2v) is 7.28. The summed E-state index contributed by atoms with van der Waals surface area (Å²) < 4.78 is 18.5. The summed E-state index contributed by atoms with van der Waals surface area (Å²) in [4.78, 5) is 12.4. The quantitative estimate of drug-likeness (QED) is 0.626. The third-order valence-corrected chi connectivity index (χ3v) is 5.28. The molecule has 0 aliphatic carbocycles. The maximum Gasteiger partial charge on any atom is 0.340 e. The van der Waals surface area contributed by atoms with Gasteiger partial charge in [0.05, 0.1) is 12.2 Å². The summed E-state index contributed by atoms with van der Waals surface area (Å²) >= 11 is 0. The number of fused-ring (bicyclic) bond motifs is 1. The predicted molar refractivity (Wildman–Crippen MR) is 106 cm³/mol. The van der Waals surface area contributed by atoms with E-state index in [0.29, 0.717) is 30.6 Å². The number of aliphatic hydroxyl groups is 1. The Labute approximate surface area is 165 Å². The monoisotopic (exact) mass is 391 g/mol. The van der Waals surface area contributed by atoms with Gasteiger partial charge < -0.3 is 29.2 Å². The molecule has 2 heterocycles. The Kier molecular flexibility index (Phi) is 6.93. The average molecular weight is 391 g/mol. The van der Waals surface area contributed by atoms with Crippen molar-refractivity contribution in [1.82, 2.24) is 4.57 Å². The fraction of sp³-hybridized carbons (Fsp3) is 0.571. The number of benzene rings is 1. The lowest BCUT2D eigenvalue weighted by molar-refractivity contribution is -0.666. The molecule has 0 bridgehead atoms. The van der Waals surface area contributed by atoms with Crippen LogP contribution in [0.3, 0.4) is 0 Å². The van der Waals surface area contributed by atoms with Gasteiger partial charge in [0, 0.05) is 30.3 Å². The highest BCUT2D eigenvalue weighted by atomic mass is 16.5. The zero-order chi connectivity index (χ0) is 20.1. The Hall–Kier alpha value is -2.09. The van der Waals surface area contributed by atoms with Crippen LogP contribution in [-0.2, 0) is 16.5 Å². The highest BCUT2D eigenvalue weighted by molar-refractivity contribution is 6.06. The van der Waals surface area contributed by atoms with Gasteiger partial charge in [0.1, 0.15) is 37.7 Å². The molecule has 154 valence electrons. The van der Waals surface area contributed by atoms with E-state index in [1.807, 2.05) is 36.7 Å². The average Bonchev–Trinajstić information content (AvgIpc) is 3.27. The van der Waals surface area contributed by atoms with E-state index in [0.717, 1.165) is 42.6 Å². The zero-order valence-corrected chi connectivity index (χ0v) is 16.9. The van der Waals surface area contributed by atoms with E-state index in [4.69, 9.17) is 14.2 Å². The van der Waals surface area contributed by atoms with Gasteiger partial charge in [0.25, 0.3) is 0 Å². The molecule has 3 N–H and O–H groups in total. The van der Waals surface area contributed by atoms with Crippen molar-refractivity contribution >= 4 is 16.9 Å². The van der Waals surface area contributed by atoms with Crippen molar-refractivity contribution in [3.05, 3.63) is 29.5 Å². The molecule has 0 radical (unpaired) electrons. The number of carbonyl (C=O) groups excluding carboxylic acids is 1. The molecule has 7 heteroatoms.